The summed E-state index contributed by atoms with van der Waals surface area (Å²) in [5.74, 6) is 0.684. The molecule has 0 radical (unpaired) electrons. The Morgan fingerprint density at radius 3 is 2.56 bits per heavy atom. The van der Waals surface area contributed by atoms with E-state index in [0.717, 1.165) is 11.1 Å². The van der Waals surface area contributed by atoms with Gasteiger partial charge in [0.25, 0.3) is 0 Å². The standard InChI is InChI=1S/C15H16N2O/c18-15(14-8-16-10-17-9-14)13-6-2-5-12(7-13)11-3-1-4-11/h2,5-11,15,18H,1,3-4H2. The molecule has 1 unspecified atom stereocenters. The summed E-state index contributed by atoms with van der Waals surface area (Å²) in [6.45, 7) is 0. The summed E-state index contributed by atoms with van der Waals surface area (Å²) in [4.78, 5) is 7.89. The van der Waals surface area contributed by atoms with Crippen LogP contribution in [0.3, 0.4) is 0 Å². The van der Waals surface area contributed by atoms with Crippen molar-refractivity contribution in [2.45, 2.75) is 31.3 Å². The number of rotatable bonds is 3. The Bertz CT molecular complexity index is 523. The molecule has 1 atom stereocenters. The van der Waals surface area contributed by atoms with Crippen LogP contribution in [0.4, 0.5) is 0 Å². The van der Waals surface area contributed by atoms with E-state index in [0.29, 0.717) is 5.92 Å². The van der Waals surface area contributed by atoms with E-state index in [1.165, 1.54) is 31.2 Å². The van der Waals surface area contributed by atoms with Gasteiger partial charge in [-0.05, 0) is 29.9 Å². The molecule has 1 saturated carbocycles. The molecule has 1 heterocycles. The fraction of sp³-hybridized carbons (Fsp3) is 0.333. The van der Waals surface area contributed by atoms with Gasteiger partial charge in [-0.1, -0.05) is 30.7 Å². The van der Waals surface area contributed by atoms with Gasteiger partial charge in [-0.15, -0.1) is 0 Å². The van der Waals surface area contributed by atoms with E-state index in [1.807, 2.05) is 12.1 Å². The molecule has 1 aromatic carbocycles. The van der Waals surface area contributed by atoms with Crippen LogP contribution in [-0.4, -0.2) is 15.1 Å². The molecule has 3 rings (SSSR count). The fourth-order valence-corrected chi connectivity index (χ4v) is 2.37. The summed E-state index contributed by atoms with van der Waals surface area (Å²) in [6.07, 6.45) is 8.03. The molecule has 1 N–H and O–H groups in total. The lowest BCUT2D eigenvalue weighted by Crippen LogP contribution is -2.09. The van der Waals surface area contributed by atoms with Gasteiger partial charge < -0.3 is 5.11 Å². The van der Waals surface area contributed by atoms with E-state index in [-0.39, 0.29) is 0 Å². The molecule has 1 aliphatic rings. The van der Waals surface area contributed by atoms with E-state index in [4.69, 9.17) is 0 Å². The number of benzene rings is 1. The van der Waals surface area contributed by atoms with Gasteiger partial charge in [0.15, 0.2) is 0 Å². The molecule has 0 amide bonds. The molecule has 0 spiro atoms. The van der Waals surface area contributed by atoms with Crippen molar-refractivity contribution in [1.82, 2.24) is 9.97 Å². The summed E-state index contributed by atoms with van der Waals surface area (Å²) in [7, 11) is 0. The van der Waals surface area contributed by atoms with E-state index < -0.39 is 6.10 Å². The van der Waals surface area contributed by atoms with Gasteiger partial charge in [0, 0.05) is 18.0 Å². The lowest BCUT2D eigenvalue weighted by atomic mass is 9.79. The van der Waals surface area contributed by atoms with Crippen LogP contribution in [0, 0.1) is 0 Å². The van der Waals surface area contributed by atoms with Gasteiger partial charge in [0.1, 0.15) is 12.4 Å². The largest absolute Gasteiger partial charge is 0.384 e. The third-order valence-electron chi connectivity index (χ3n) is 3.70. The van der Waals surface area contributed by atoms with E-state index >= 15 is 0 Å². The molecule has 0 saturated heterocycles. The van der Waals surface area contributed by atoms with Gasteiger partial charge in [-0.2, -0.15) is 0 Å². The average Bonchev–Trinajstić information content (AvgIpc) is 2.37. The highest BCUT2D eigenvalue weighted by Gasteiger charge is 2.20. The van der Waals surface area contributed by atoms with Crippen molar-refractivity contribution in [3.8, 4) is 0 Å². The lowest BCUT2D eigenvalue weighted by molar-refractivity contribution is 0.219. The van der Waals surface area contributed by atoms with Crippen LogP contribution in [0.15, 0.2) is 43.0 Å². The van der Waals surface area contributed by atoms with Crippen LogP contribution in [0.25, 0.3) is 0 Å². The summed E-state index contributed by atoms with van der Waals surface area (Å²) < 4.78 is 0. The molecular formula is C15H16N2O. The Labute approximate surface area is 107 Å². The van der Waals surface area contributed by atoms with E-state index in [1.54, 1.807) is 12.4 Å². The maximum atomic E-state index is 10.3. The minimum atomic E-state index is -0.633. The number of aliphatic hydroxyl groups excluding tert-OH is 1. The van der Waals surface area contributed by atoms with Gasteiger partial charge >= 0.3 is 0 Å². The second-order valence-electron chi connectivity index (χ2n) is 4.87. The Morgan fingerprint density at radius 2 is 1.89 bits per heavy atom. The minimum absolute atomic E-state index is 0.633. The first-order valence-electron chi connectivity index (χ1n) is 6.37. The van der Waals surface area contributed by atoms with Gasteiger partial charge in [0.05, 0.1) is 0 Å². The van der Waals surface area contributed by atoms with Crippen LogP contribution < -0.4 is 0 Å². The highest BCUT2D eigenvalue weighted by Crippen LogP contribution is 2.37. The highest BCUT2D eigenvalue weighted by molar-refractivity contribution is 5.33. The Balaban J connectivity index is 1.87. The predicted octanol–water partition coefficient (Wildman–Crippen LogP) is 2.83. The SMILES string of the molecule is OC(c1cncnc1)c1cccc(C2CCC2)c1. The molecule has 18 heavy (non-hydrogen) atoms. The predicted molar refractivity (Wildman–Crippen MR) is 69.1 cm³/mol. The maximum absolute atomic E-state index is 10.3. The van der Waals surface area contributed by atoms with Crippen LogP contribution in [0.5, 0.6) is 0 Å². The molecule has 0 bridgehead atoms. The van der Waals surface area contributed by atoms with Crippen molar-refractivity contribution in [2.24, 2.45) is 0 Å². The number of aliphatic hydroxyl groups is 1. The zero-order chi connectivity index (χ0) is 12.4. The van der Waals surface area contributed by atoms with Crippen molar-refractivity contribution in [2.75, 3.05) is 0 Å². The first-order valence-corrected chi connectivity index (χ1v) is 6.37. The van der Waals surface area contributed by atoms with Crippen molar-refractivity contribution < 1.29 is 5.11 Å². The second kappa shape index (κ2) is 4.86. The molecule has 1 fully saturated rings. The first-order chi connectivity index (χ1) is 8.84. The van der Waals surface area contributed by atoms with Crippen LogP contribution in [0.1, 0.15) is 48.0 Å². The highest BCUT2D eigenvalue weighted by atomic mass is 16.3. The van der Waals surface area contributed by atoms with E-state index in [9.17, 15) is 5.11 Å². The quantitative estimate of drug-likeness (QED) is 0.897. The number of hydrogen-bond acceptors (Lipinski definition) is 3. The summed E-state index contributed by atoms with van der Waals surface area (Å²) in [5, 5.41) is 10.3. The van der Waals surface area contributed by atoms with Crippen LogP contribution >= 0.6 is 0 Å². The van der Waals surface area contributed by atoms with E-state index in [2.05, 4.69) is 22.1 Å². The molecule has 92 valence electrons. The monoisotopic (exact) mass is 240 g/mol. The molecular weight excluding hydrogens is 224 g/mol. The Morgan fingerprint density at radius 1 is 1.11 bits per heavy atom. The molecule has 3 heteroatoms. The molecule has 3 nitrogen and oxygen atoms in total. The zero-order valence-electron chi connectivity index (χ0n) is 10.2. The van der Waals surface area contributed by atoms with Crippen LogP contribution in [0.2, 0.25) is 0 Å². The summed E-state index contributed by atoms with van der Waals surface area (Å²) in [5.41, 5.74) is 3.01. The molecule has 1 aromatic heterocycles. The summed E-state index contributed by atoms with van der Waals surface area (Å²) >= 11 is 0. The molecule has 1 aliphatic carbocycles. The number of hydrogen-bond donors (Lipinski definition) is 1. The smallest absolute Gasteiger partial charge is 0.115 e. The maximum Gasteiger partial charge on any atom is 0.115 e. The number of nitrogens with zero attached hydrogens (tertiary/aromatic N) is 2. The molecule has 2 aromatic rings. The van der Waals surface area contributed by atoms with Crippen molar-refractivity contribution >= 4 is 0 Å². The Hall–Kier alpha value is -1.74. The van der Waals surface area contributed by atoms with Gasteiger partial charge in [-0.25, -0.2) is 9.97 Å². The first kappa shape index (κ1) is 11.4. The normalized spacial score (nSPS) is 17.2. The average molecular weight is 240 g/mol. The molecule has 0 aliphatic heterocycles. The van der Waals surface area contributed by atoms with Crippen LogP contribution in [-0.2, 0) is 0 Å². The minimum Gasteiger partial charge on any atom is -0.384 e. The van der Waals surface area contributed by atoms with Crippen molar-refractivity contribution in [3.63, 3.8) is 0 Å². The number of aromatic nitrogens is 2. The third-order valence-corrected chi connectivity index (χ3v) is 3.70. The lowest BCUT2D eigenvalue weighted by Gasteiger charge is -2.26. The van der Waals surface area contributed by atoms with Crippen molar-refractivity contribution in [1.29, 1.82) is 0 Å². The topological polar surface area (TPSA) is 46.0 Å². The van der Waals surface area contributed by atoms with Crippen molar-refractivity contribution in [3.05, 3.63) is 59.7 Å². The van der Waals surface area contributed by atoms with Gasteiger partial charge in [0.2, 0.25) is 0 Å². The second-order valence-corrected chi connectivity index (χ2v) is 4.87. The zero-order valence-corrected chi connectivity index (χ0v) is 10.2. The summed E-state index contributed by atoms with van der Waals surface area (Å²) in [6, 6.07) is 8.25. The fourth-order valence-electron chi connectivity index (χ4n) is 2.37. The van der Waals surface area contributed by atoms with Gasteiger partial charge in [-0.3, -0.25) is 0 Å². The third kappa shape index (κ3) is 2.14. The Kier molecular flexibility index (Phi) is 3.07.